The van der Waals surface area contributed by atoms with Gasteiger partial charge in [-0.1, -0.05) is 99.1 Å². The minimum atomic E-state index is -1.80. The largest absolute Gasteiger partial charge is 0.508 e. The lowest BCUT2D eigenvalue weighted by atomic mass is 9.97. The highest BCUT2D eigenvalue weighted by Gasteiger charge is 2.41. The van der Waals surface area contributed by atoms with E-state index in [0.717, 1.165) is 10.9 Å². The Kier molecular flexibility index (Phi) is 33.0. The number of H-pyrrole nitrogens is 2. The predicted molar refractivity (Wildman–Crippen MR) is 402 cm³/mol. The summed E-state index contributed by atoms with van der Waals surface area (Å²) in [6.45, 7) is 3.86. The number of nitrogens with two attached hydrogens (primary N) is 3. The Morgan fingerprint density at radius 1 is 0.514 bits per heavy atom. The van der Waals surface area contributed by atoms with Gasteiger partial charge in [-0.25, -0.2) is 4.79 Å². The number of aromatic nitrogens is 2. The molecule has 1 fully saturated rings. The molecule has 109 heavy (non-hydrogen) atoms. The number of fused-ring (bicyclic) bond motifs is 2. The third-order valence-electron chi connectivity index (χ3n) is 19.1. The van der Waals surface area contributed by atoms with Gasteiger partial charge in [0, 0.05) is 72.8 Å². The SMILES string of the molecule is CC[C@H](C)[C@H](NC(=O)CNC(=O)[C@H](Cc1ccccc1)NC(=O)[C@H](Cc1c[nH]c2ccccc12)NC(=O)[C@@H](N)CCC(=O)O)C(=O)N1CCC[C@@H]1C(=O)NCC(=O)N[C@@H](CCCCN)C(=O)N[C@H](C(=O)N[C@@H](Cc1ccc(O)cc1)C(=O)N[C@@H](Cc1c[nH]c2ccccc12)C(=O)N[C@@H](CCCCN)C(=O)O)[C@@H](C)O. The molecule has 1 saturated heterocycles. The number of carboxylic acid groups (broad SMARTS) is 2. The average Bonchev–Trinajstić information content (AvgIpc) is 1.53. The topological polar surface area (TPSA) is 536 Å². The second-order valence-electron chi connectivity index (χ2n) is 27.3. The van der Waals surface area contributed by atoms with Crippen molar-refractivity contribution in [2.75, 3.05) is 32.7 Å². The second-order valence-corrected chi connectivity index (χ2v) is 27.3. The number of carboxylic acids is 2. The molecule has 12 atom stereocenters. The summed E-state index contributed by atoms with van der Waals surface area (Å²) in [5, 5.41) is 68.1. The van der Waals surface area contributed by atoms with Crippen LogP contribution < -0.4 is 70.4 Å². The monoisotopic (exact) mass is 1510 g/mol. The molecule has 33 heteroatoms. The zero-order valence-corrected chi connectivity index (χ0v) is 61.3. The molecule has 11 amide bonds. The van der Waals surface area contributed by atoms with Gasteiger partial charge in [0.15, 0.2) is 0 Å². The molecule has 6 aromatic rings. The highest BCUT2D eigenvalue weighted by molar-refractivity contribution is 6.00. The average molecular weight is 1510 g/mol. The minimum Gasteiger partial charge on any atom is -0.508 e. The zero-order chi connectivity index (χ0) is 79.3. The summed E-state index contributed by atoms with van der Waals surface area (Å²) in [7, 11) is 0. The van der Waals surface area contributed by atoms with Gasteiger partial charge in [0.1, 0.15) is 60.1 Å². The van der Waals surface area contributed by atoms with Crippen molar-refractivity contribution >= 4 is 98.7 Å². The molecule has 1 aliphatic rings. The molecule has 22 N–H and O–H groups in total. The molecule has 588 valence electrons. The van der Waals surface area contributed by atoms with Gasteiger partial charge in [0.2, 0.25) is 65.0 Å². The van der Waals surface area contributed by atoms with E-state index in [2.05, 4.69) is 63.1 Å². The van der Waals surface area contributed by atoms with E-state index in [1.165, 1.54) is 36.1 Å². The summed E-state index contributed by atoms with van der Waals surface area (Å²) >= 11 is 0. The number of hydrogen-bond acceptors (Lipinski definition) is 18. The zero-order valence-electron chi connectivity index (χ0n) is 61.3. The first kappa shape index (κ1) is 85.0. The van der Waals surface area contributed by atoms with Gasteiger partial charge in [-0.15, -0.1) is 0 Å². The number of amides is 11. The number of likely N-dealkylation sites (tertiary alicyclic amines) is 1. The fraction of sp³-hybridized carbons (Fsp3) is 0.461. The molecule has 0 saturated carbocycles. The number of unbranched alkanes of at least 4 members (excludes halogenated alkanes) is 2. The van der Waals surface area contributed by atoms with E-state index in [9.17, 15) is 82.8 Å². The van der Waals surface area contributed by atoms with E-state index in [4.69, 9.17) is 17.2 Å². The van der Waals surface area contributed by atoms with Crippen LogP contribution in [0.15, 0.2) is 116 Å². The Morgan fingerprint density at radius 3 is 1.53 bits per heavy atom. The van der Waals surface area contributed by atoms with Gasteiger partial charge < -0.3 is 106 Å². The van der Waals surface area contributed by atoms with Gasteiger partial charge in [-0.05, 0) is 130 Å². The fourth-order valence-corrected chi connectivity index (χ4v) is 12.7. The Labute approximate surface area is 629 Å². The summed E-state index contributed by atoms with van der Waals surface area (Å²) in [5.74, 6) is -12.4. The van der Waals surface area contributed by atoms with E-state index in [1.54, 1.807) is 86.9 Å². The molecular weight excluding hydrogens is 1410 g/mol. The smallest absolute Gasteiger partial charge is 0.326 e. The molecule has 0 radical (unpaired) electrons. The number of carbonyl (C=O) groups excluding carboxylic acids is 11. The lowest BCUT2D eigenvalue weighted by Gasteiger charge is -2.31. The number of nitrogens with zero attached hydrogens (tertiary/aromatic N) is 1. The van der Waals surface area contributed by atoms with E-state index >= 15 is 0 Å². The first-order valence-electron chi connectivity index (χ1n) is 36.7. The highest BCUT2D eigenvalue weighted by atomic mass is 16.4. The van der Waals surface area contributed by atoms with E-state index in [-0.39, 0.29) is 83.2 Å². The van der Waals surface area contributed by atoms with Gasteiger partial charge in [-0.2, -0.15) is 0 Å². The summed E-state index contributed by atoms with van der Waals surface area (Å²) in [4.78, 5) is 187. The molecule has 0 unspecified atom stereocenters. The van der Waals surface area contributed by atoms with Crippen LogP contribution in [-0.4, -0.2) is 211 Å². The number of para-hydroxylation sites is 2. The maximum Gasteiger partial charge on any atom is 0.326 e. The fourth-order valence-electron chi connectivity index (χ4n) is 12.7. The van der Waals surface area contributed by atoms with Crippen LogP contribution in [0.4, 0.5) is 0 Å². The van der Waals surface area contributed by atoms with Gasteiger partial charge in [0.05, 0.1) is 25.2 Å². The first-order chi connectivity index (χ1) is 52.2. The Morgan fingerprint density at radius 2 is 0.991 bits per heavy atom. The molecule has 33 nitrogen and oxygen atoms in total. The Bertz CT molecular complexity index is 4110. The highest BCUT2D eigenvalue weighted by Crippen LogP contribution is 2.24. The first-order valence-corrected chi connectivity index (χ1v) is 36.7. The maximum absolute atomic E-state index is 14.7. The van der Waals surface area contributed by atoms with Crippen molar-refractivity contribution in [2.24, 2.45) is 23.1 Å². The second kappa shape index (κ2) is 42.3. The van der Waals surface area contributed by atoms with Crippen molar-refractivity contribution in [3.05, 3.63) is 138 Å². The van der Waals surface area contributed by atoms with Gasteiger partial charge in [0.25, 0.3) is 0 Å². The minimum absolute atomic E-state index is 0.0329. The number of benzene rings is 4. The van der Waals surface area contributed by atoms with Crippen LogP contribution in [0.2, 0.25) is 0 Å². The number of aliphatic carboxylic acids is 2. The van der Waals surface area contributed by atoms with Crippen LogP contribution in [-0.2, 0) is 88.0 Å². The van der Waals surface area contributed by atoms with Gasteiger partial charge in [-0.3, -0.25) is 57.5 Å². The van der Waals surface area contributed by atoms with Crippen molar-refractivity contribution in [2.45, 2.75) is 184 Å². The van der Waals surface area contributed by atoms with Crippen molar-refractivity contribution < 1.29 is 82.8 Å². The number of phenols is 1. The molecule has 0 spiro atoms. The molecular formula is C76H102N16O17. The normalized spacial score (nSPS) is 15.7. The number of aromatic amines is 2. The van der Waals surface area contributed by atoms with Crippen molar-refractivity contribution in [3.63, 3.8) is 0 Å². The van der Waals surface area contributed by atoms with Crippen LogP contribution in [0, 0.1) is 5.92 Å². The molecule has 3 heterocycles. The molecule has 1 aliphatic heterocycles. The quantitative estimate of drug-likeness (QED) is 0.0218. The summed E-state index contributed by atoms with van der Waals surface area (Å²) in [6, 6.07) is 14.8. The Balaban J connectivity index is 0.993. The number of hydrogen-bond donors (Lipinski definition) is 19. The summed E-state index contributed by atoms with van der Waals surface area (Å²) < 4.78 is 0. The van der Waals surface area contributed by atoms with Crippen molar-refractivity contribution in [3.8, 4) is 5.75 Å². The molecule has 2 aromatic heterocycles. The van der Waals surface area contributed by atoms with E-state index in [0.29, 0.717) is 65.3 Å². The summed E-state index contributed by atoms with van der Waals surface area (Å²) in [6.07, 6.45) is 2.83. The third kappa shape index (κ3) is 25.7. The number of nitrogens with one attached hydrogen (secondary N) is 12. The van der Waals surface area contributed by atoms with Crippen LogP contribution in [0.1, 0.15) is 114 Å². The predicted octanol–water partition coefficient (Wildman–Crippen LogP) is -0.311. The van der Waals surface area contributed by atoms with Crippen LogP contribution in [0.25, 0.3) is 21.8 Å². The number of carbonyl (C=O) groups is 13. The molecule has 7 rings (SSSR count). The summed E-state index contributed by atoms with van der Waals surface area (Å²) in [5.41, 5.74) is 21.2. The van der Waals surface area contributed by atoms with E-state index < -0.39 is 169 Å². The Hall–Kier alpha value is -11.3. The lowest BCUT2D eigenvalue weighted by Crippen LogP contribution is -2.61. The van der Waals surface area contributed by atoms with E-state index in [1.807, 2.05) is 18.2 Å². The van der Waals surface area contributed by atoms with Crippen molar-refractivity contribution in [1.29, 1.82) is 0 Å². The van der Waals surface area contributed by atoms with Crippen LogP contribution in [0.5, 0.6) is 5.75 Å². The number of aliphatic hydroxyl groups is 1. The molecule has 0 aliphatic carbocycles. The van der Waals surface area contributed by atoms with Crippen LogP contribution >= 0.6 is 0 Å². The number of rotatable bonds is 44. The van der Waals surface area contributed by atoms with Crippen LogP contribution in [0.3, 0.4) is 0 Å². The molecule has 0 bridgehead atoms. The number of aliphatic hydroxyl groups excluding tert-OH is 1. The van der Waals surface area contributed by atoms with Gasteiger partial charge >= 0.3 is 11.9 Å². The van der Waals surface area contributed by atoms with Crippen molar-refractivity contribution in [1.82, 2.24) is 68.0 Å². The number of phenolic OH excluding ortho intramolecular Hbond substituents is 1. The standard InChI is InChI=1S/C76H102N16O17/c1-4-43(2)65(90-63(96)42-82-68(100)57(35-45-17-6-5-7-18-45)87-72(104)59(86-67(99)52(79)30-31-64(97)98)37-47-39-80-53-21-10-8-19-50(47)53)75(107)92-34-16-25-61(92)73(105)83-41-62(95)84-55(23-12-14-32-77)69(101)91-66(44(3)93)74(106)89-58(36-46-26-28-49(94)29-27-46)70(102)88-60(38-48-40-81-54-22-11-9-20-51(48)54)71(103)85-56(76(108)109)24-13-15-33-78/h5-11,17-22,26-29,39-40,43-44,52,55-61,65-66,80-81,93-94H,4,12-16,23-25,30-38,41-42,77-79H2,1-3H3,(H,82,100)(H,83,105)(H,84,95)(H,85,103)(H,86,99)(H,87,104)(H,88,102)(H,89,106)(H,90,96)(H,91,101)(H,97,98)(H,108,109)/t43-,44+,52-,55-,56-,57-,58-,59-,60-,61+,65-,66-/m0/s1. The molecule has 4 aromatic carbocycles. The maximum atomic E-state index is 14.7. The third-order valence-corrected chi connectivity index (χ3v) is 19.1. The lowest BCUT2D eigenvalue weighted by molar-refractivity contribution is -0.143. The number of aromatic hydroxyl groups is 1.